The lowest BCUT2D eigenvalue weighted by Gasteiger charge is -2.56. The number of benzene rings is 2. The van der Waals surface area contributed by atoms with Crippen molar-refractivity contribution < 1.29 is 9.59 Å². The van der Waals surface area contributed by atoms with Crippen molar-refractivity contribution in [2.24, 2.45) is 17.8 Å². The van der Waals surface area contributed by atoms with Crippen LogP contribution >= 0.6 is 0 Å². The van der Waals surface area contributed by atoms with Crippen molar-refractivity contribution in [3.05, 3.63) is 65.7 Å². The molecule has 5 heteroatoms. The van der Waals surface area contributed by atoms with Crippen molar-refractivity contribution >= 4 is 17.5 Å². The molecule has 4 aliphatic rings. The number of hydrogen-bond acceptors (Lipinski definition) is 3. The fraction of sp³-hybridized carbons (Fsp3) is 0.440. The third kappa shape index (κ3) is 3.26. The molecule has 6 rings (SSSR count). The van der Waals surface area contributed by atoms with Gasteiger partial charge in [0.05, 0.1) is 5.56 Å². The summed E-state index contributed by atoms with van der Waals surface area (Å²) < 4.78 is 0. The van der Waals surface area contributed by atoms with Crippen molar-refractivity contribution in [1.29, 1.82) is 0 Å². The maximum absolute atomic E-state index is 13.3. The predicted octanol–water partition coefficient (Wildman–Crippen LogP) is 3.68. The van der Waals surface area contributed by atoms with E-state index in [4.69, 9.17) is 0 Å². The lowest BCUT2D eigenvalue weighted by Crippen LogP contribution is -2.68. The van der Waals surface area contributed by atoms with E-state index in [9.17, 15) is 9.59 Å². The molecule has 30 heavy (non-hydrogen) atoms. The SMILES string of the molecule is CN(CCc1ccccc1)C(=O)C1CC2CCC1C[C@@]21NC(=O)c2ccccc2N1. The van der Waals surface area contributed by atoms with Crippen molar-refractivity contribution in [3.63, 3.8) is 0 Å². The maximum Gasteiger partial charge on any atom is 0.255 e. The fourth-order valence-corrected chi connectivity index (χ4v) is 5.78. The van der Waals surface area contributed by atoms with Crippen molar-refractivity contribution in [3.8, 4) is 0 Å². The van der Waals surface area contributed by atoms with Gasteiger partial charge in [-0.05, 0) is 55.7 Å². The van der Waals surface area contributed by atoms with Crippen LogP contribution in [0, 0.1) is 17.8 Å². The monoisotopic (exact) mass is 403 g/mol. The van der Waals surface area contributed by atoms with Gasteiger partial charge in [-0.15, -0.1) is 0 Å². The van der Waals surface area contributed by atoms with Gasteiger partial charge in [0, 0.05) is 31.1 Å². The predicted molar refractivity (Wildman–Crippen MR) is 117 cm³/mol. The second-order valence-electron chi connectivity index (χ2n) is 9.17. The van der Waals surface area contributed by atoms with Crippen molar-refractivity contribution in [1.82, 2.24) is 10.2 Å². The third-order valence-electron chi connectivity index (χ3n) is 7.41. The lowest BCUT2D eigenvalue weighted by atomic mass is 9.58. The minimum Gasteiger partial charge on any atom is -0.362 e. The van der Waals surface area contributed by atoms with Gasteiger partial charge in [0.2, 0.25) is 5.91 Å². The van der Waals surface area contributed by atoms with Crippen LogP contribution in [0.2, 0.25) is 0 Å². The van der Waals surface area contributed by atoms with E-state index in [-0.39, 0.29) is 23.7 Å². The zero-order valence-corrected chi connectivity index (χ0v) is 17.4. The highest BCUT2D eigenvalue weighted by Crippen LogP contribution is 2.52. The molecular formula is C25H29N3O2. The number of hydrogen-bond donors (Lipinski definition) is 2. The molecule has 2 amide bonds. The summed E-state index contributed by atoms with van der Waals surface area (Å²) >= 11 is 0. The lowest BCUT2D eigenvalue weighted by molar-refractivity contribution is -0.141. The van der Waals surface area contributed by atoms with Crippen molar-refractivity contribution in [2.75, 3.05) is 18.9 Å². The number of carbonyl (C=O) groups excluding carboxylic acids is 2. The number of para-hydroxylation sites is 1. The van der Waals surface area contributed by atoms with Crippen LogP contribution < -0.4 is 10.6 Å². The molecule has 1 heterocycles. The molecule has 3 unspecified atom stereocenters. The summed E-state index contributed by atoms with van der Waals surface area (Å²) in [6.45, 7) is 0.740. The van der Waals surface area contributed by atoms with Gasteiger partial charge in [0.25, 0.3) is 5.91 Å². The highest BCUT2D eigenvalue weighted by Gasteiger charge is 2.55. The summed E-state index contributed by atoms with van der Waals surface area (Å²) in [6.07, 6.45) is 4.66. The Labute approximate surface area is 177 Å². The van der Waals surface area contributed by atoms with Gasteiger partial charge in [-0.1, -0.05) is 42.5 Å². The minimum absolute atomic E-state index is 0.000226. The van der Waals surface area contributed by atoms with Crippen LogP contribution in [0.15, 0.2) is 54.6 Å². The summed E-state index contributed by atoms with van der Waals surface area (Å²) in [4.78, 5) is 27.9. The van der Waals surface area contributed by atoms with E-state index < -0.39 is 5.66 Å². The van der Waals surface area contributed by atoms with Gasteiger partial charge in [0.15, 0.2) is 0 Å². The maximum atomic E-state index is 13.3. The Morgan fingerprint density at radius 1 is 1.07 bits per heavy atom. The highest BCUT2D eigenvalue weighted by atomic mass is 16.2. The first-order valence-corrected chi connectivity index (χ1v) is 11.0. The molecule has 2 N–H and O–H groups in total. The van der Waals surface area contributed by atoms with Gasteiger partial charge in [-0.2, -0.15) is 0 Å². The zero-order valence-electron chi connectivity index (χ0n) is 17.4. The summed E-state index contributed by atoms with van der Waals surface area (Å²) in [7, 11) is 1.93. The average Bonchev–Trinajstić information content (AvgIpc) is 2.78. The number of fused-ring (bicyclic) bond motifs is 3. The van der Waals surface area contributed by atoms with E-state index in [1.165, 1.54) is 5.56 Å². The Kier molecular flexibility index (Phi) is 4.76. The molecule has 4 atom stereocenters. The molecule has 1 aliphatic heterocycles. The normalized spacial score (nSPS) is 29.1. The van der Waals surface area contributed by atoms with Crippen LogP contribution in [0.1, 0.15) is 41.6 Å². The molecule has 2 aromatic rings. The molecule has 3 saturated carbocycles. The average molecular weight is 404 g/mol. The van der Waals surface area contributed by atoms with Crippen LogP contribution in [-0.4, -0.2) is 36.0 Å². The number of nitrogens with zero attached hydrogens (tertiary/aromatic N) is 1. The standard InChI is InChI=1S/C25H29N3O2/c1-28(14-13-17-7-3-2-4-8-17)24(30)21-15-19-12-11-18(21)16-25(19)26-22-10-6-5-9-20(22)23(29)27-25/h2-10,18-19,21,26H,11-16H2,1H3,(H,27,29)/t18?,19?,21?,25-/m1/s1. The summed E-state index contributed by atoms with van der Waals surface area (Å²) in [5.74, 6) is 0.903. The number of rotatable bonds is 4. The van der Waals surface area contributed by atoms with E-state index in [2.05, 4.69) is 22.8 Å². The van der Waals surface area contributed by atoms with Gasteiger partial charge in [0.1, 0.15) is 5.66 Å². The Morgan fingerprint density at radius 3 is 2.60 bits per heavy atom. The minimum atomic E-state index is -0.409. The quantitative estimate of drug-likeness (QED) is 0.819. The Bertz CT molecular complexity index is 960. The number of nitrogens with one attached hydrogen (secondary N) is 2. The highest BCUT2D eigenvalue weighted by molar-refractivity contribution is 6.02. The van der Waals surface area contributed by atoms with Gasteiger partial charge < -0.3 is 15.5 Å². The zero-order chi connectivity index (χ0) is 20.7. The molecule has 3 aliphatic carbocycles. The Balaban J connectivity index is 1.28. The number of likely N-dealkylation sites (N-methyl/N-ethyl adjacent to an activating group) is 1. The topological polar surface area (TPSA) is 61.4 Å². The molecule has 3 fully saturated rings. The van der Waals surface area contributed by atoms with Gasteiger partial charge in [-0.3, -0.25) is 9.59 Å². The van der Waals surface area contributed by atoms with Gasteiger partial charge >= 0.3 is 0 Å². The molecule has 5 nitrogen and oxygen atoms in total. The molecule has 2 bridgehead atoms. The Hall–Kier alpha value is -2.82. The summed E-state index contributed by atoms with van der Waals surface area (Å²) in [5.41, 5.74) is 2.47. The first kappa shape index (κ1) is 19.2. The van der Waals surface area contributed by atoms with E-state index in [1.807, 2.05) is 54.4 Å². The van der Waals surface area contributed by atoms with Crippen LogP contribution in [0.25, 0.3) is 0 Å². The summed E-state index contributed by atoms with van der Waals surface area (Å²) in [5, 5.41) is 6.93. The van der Waals surface area contributed by atoms with Crippen LogP contribution in [0.3, 0.4) is 0 Å². The second-order valence-corrected chi connectivity index (χ2v) is 9.17. The van der Waals surface area contributed by atoms with Crippen molar-refractivity contribution in [2.45, 2.75) is 37.8 Å². The van der Waals surface area contributed by atoms with Gasteiger partial charge in [-0.25, -0.2) is 0 Å². The first-order chi connectivity index (χ1) is 14.6. The first-order valence-electron chi connectivity index (χ1n) is 11.0. The molecule has 0 aromatic heterocycles. The van der Waals surface area contributed by atoms with Crippen LogP contribution in [0.4, 0.5) is 5.69 Å². The van der Waals surface area contributed by atoms with E-state index >= 15 is 0 Å². The van der Waals surface area contributed by atoms with Crippen LogP contribution in [-0.2, 0) is 11.2 Å². The Morgan fingerprint density at radius 2 is 1.83 bits per heavy atom. The third-order valence-corrected chi connectivity index (χ3v) is 7.41. The number of carbonyl (C=O) groups is 2. The molecule has 0 saturated heterocycles. The smallest absolute Gasteiger partial charge is 0.255 e. The van der Waals surface area contributed by atoms with E-state index in [0.29, 0.717) is 11.5 Å². The molecule has 1 spiro atoms. The number of amides is 2. The molecule has 156 valence electrons. The molecular weight excluding hydrogens is 374 g/mol. The largest absolute Gasteiger partial charge is 0.362 e. The fourth-order valence-electron chi connectivity index (χ4n) is 5.78. The summed E-state index contributed by atoms with van der Waals surface area (Å²) in [6, 6.07) is 18.0. The number of anilines is 1. The second kappa shape index (κ2) is 7.46. The van der Waals surface area contributed by atoms with Crippen LogP contribution in [0.5, 0.6) is 0 Å². The molecule has 2 aromatic carbocycles. The van der Waals surface area contributed by atoms with E-state index in [0.717, 1.165) is 44.3 Å². The van der Waals surface area contributed by atoms with E-state index in [1.54, 1.807) is 0 Å². The molecule has 0 radical (unpaired) electrons.